The Bertz CT molecular complexity index is 643. The second-order valence-corrected chi connectivity index (χ2v) is 7.53. The number of carbonyl (C=O) groups is 2. The van der Waals surface area contributed by atoms with Gasteiger partial charge in [-0.15, -0.1) is 0 Å². The predicted molar refractivity (Wildman–Crippen MR) is 106 cm³/mol. The van der Waals surface area contributed by atoms with E-state index in [-0.39, 0.29) is 18.4 Å². The summed E-state index contributed by atoms with van der Waals surface area (Å²) in [5, 5.41) is 2.98. The normalized spacial score (nSPS) is 17.6. The Kier molecular flexibility index (Phi) is 7.10. The van der Waals surface area contributed by atoms with Crippen LogP contribution >= 0.6 is 0 Å². The molecule has 1 aromatic rings. The SMILES string of the molecule is CN(CCCNC(=O)CCN1C(=O)COc2ccccc21)C1CCCCC1. The van der Waals surface area contributed by atoms with Gasteiger partial charge in [-0.2, -0.15) is 0 Å². The van der Waals surface area contributed by atoms with Gasteiger partial charge in [0.15, 0.2) is 6.61 Å². The third-order valence-electron chi connectivity index (χ3n) is 5.58. The predicted octanol–water partition coefficient (Wildman–Crippen LogP) is 2.57. The quantitative estimate of drug-likeness (QED) is 0.712. The molecular formula is C21H31N3O3. The van der Waals surface area contributed by atoms with Gasteiger partial charge < -0.3 is 19.9 Å². The fraction of sp³-hybridized carbons (Fsp3) is 0.619. The van der Waals surface area contributed by atoms with Crippen LogP contribution < -0.4 is 15.0 Å². The fourth-order valence-corrected chi connectivity index (χ4v) is 3.96. The van der Waals surface area contributed by atoms with Crippen molar-refractivity contribution in [3.05, 3.63) is 24.3 Å². The average molecular weight is 373 g/mol. The van der Waals surface area contributed by atoms with Gasteiger partial charge in [0.05, 0.1) is 5.69 Å². The average Bonchev–Trinajstić information content (AvgIpc) is 2.71. The van der Waals surface area contributed by atoms with Crippen molar-refractivity contribution in [1.82, 2.24) is 10.2 Å². The Morgan fingerprint density at radius 2 is 2.04 bits per heavy atom. The standard InChI is InChI=1S/C21H31N3O3/c1-23(17-8-3-2-4-9-17)14-7-13-22-20(25)12-15-24-18-10-5-6-11-19(18)27-16-21(24)26/h5-6,10-11,17H,2-4,7-9,12-16H2,1H3,(H,22,25). The summed E-state index contributed by atoms with van der Waals surface area (Å²) in [6.07, 6.45) is 7.92. The van der Waals surface area contributed by atoms with Crippen LogP contribution in [0.3, 0.4) is 0 Å². The fourth-order valence-electron chi connectivity index (χ4n) is 3.96. The van der Waals surface area contributed by atoms with Gasteiger partial charge in [-0.3, -0.25) is 9.59 Å². The number of fused-ring (bicyclic) bond motifs is 1. The number of carbonyl (C=O) groups excluding carboxylic acids is 2. The van der Waals surface area contributed by atoms with E-state index in [1.165, 1.54) is 32.1 Å². The molecule has 1 aliphatic carbocycles. The second-order valence-electron chi connectivity index (χ2n) is 7.53. The number of nitrogens with zero attached hydrogens (tertiary/aromatic N) is 2. The Morgan fingerprint density at radius 3 is 2.85 bits per heavy atom. The number of amides is 2. The third kappa shape index (κ3) is 5.45. The van der Waals surface area contributed by atoms with Crippen LogP contribution in [0.1, 0.15) is 44.9 Å². The van der Waals surface area contributed by atoms with Gasteiger partial charge in [-0.1, -0.05) is 31.4 Å². The van der Waals surface area contributed by atoms with Gasteiger partial charge in [-0.05, 0) is 45.0 Å². The molecule has 2 amide bonds. The minimum atomic E-state index is -0.101. The van der Waals surface area contributed by atoms with Crippen LogP contribution in [0, 0.1) is 0 Å². The maximum absolute atomic E-state index is 12.2. The highest BCUT2D eigenvalue weighted by molar-refractivity contribution is 5.98. The van der Waals surface area contributed by atoms with Crippen LogP contribution in [-0.4, -0.2) is 56.0 Å². The lowest BCUT2D eigenvalue weighted by molar-refractivity contribution is -0.122. The zero-order chi connectivity index (χ0) is 19.1. The van der Waals surface area contributed by atoms with E-state index < -0.39 is 0 Å². The number of rotatable bonds is 8. The van der Waals surface area contributed by atoms with Crippen LogP contribution in [0.2, 0.25) is 0 Å². The van der Waals surface area contributed by atoms with Crippen LogP contribution in [0.5, 0.6) is 5.75 Å². The van der Waals surface area contributed by atoms with Crippen molar-refractivity contribution in [1.29, 1.82) is 0 Å². The summed E-state index contributed by atoms with van der Waals surface area (Å²) in [7, 11) is 2.19. The molecule has 0 spiro atoms. The first-order valence-corrected chi connectivity index (χ1v) is 10.1. The van der Waals surface area contributed by atoms with Gasteiger partial charge in [0.2, 0.25) is 5.91 Å². The number of hydrogen-bond donors (Lipinski definition) is 1. The van der Waals surface area contributed by atoms with Gasteiger partial charge in [0.25, 0.3) is 5.91 Å². The van der Waals surface area contributed by atoms with Crippen molar-refractivity contribution in [2.75, 3.05) is 38.2 Å². The van der Waals surface area contributed by atoms with Gasteiger partial charge in [0, 0.05) is 25.6 Å². The minimum Gasteiger partial charge on any atom is -0.482 e. The molecule has 1 aromatic carbocycles. The Balaban J connectivity index is 1.36. The smallest absolute Gasteiger partial charge is 0.265 e. The molecule has 0 saturated heterocycles. The molecule has 27 heavy (non-hydrogen) atoms. The van der Waals surface area contributed by atoms with Gasteiger partial charge in [0.1, 0.15) is 5.75 Å². The molecule has 1 heterocycles. The molecule has 2 aliphatic rings. The monoisotopic (exact) mass is 373 g/mol. The number of para-hydroxylation sites is 2. The molecule has 6 nitrogen and oxygen atoms in total. The van der Waals surface area contributed by atoms with E-state index in [0.717, 1.165) is 18.7 Å². The van der Waals surface area contributed by atoms with Crippen molar-refractivity contribution in [3.8, 4) is 5.75 Å². The lowest BCUT2D eigenvalue weighted by Gasteiger charge is -2.31. The molecule has 0 aromatic heterocycles. The van der Waals surface area contributed by atoms with E-state index in [1.54, 1.807) is 4.90 Å². The lowest BCUT2D eigenvalue weighted by Crippen LogP contribution is -2.41. The molecule has 0 unspecified atom stereocenters. The Labute approximate surface area is 161 Å². The van der Waals surface area contributed by atoms with Crippen molar-refractivity contribution in [3.63, 3.8) is 0 Å². The van der Waals surface area contributed by atoms with Crippen molar-refractivity contribution in [2.24, 2.45) is 0 Å². The first-order chi connectivity index (χ1) is 13.1. The van der Waals surface area contributed by atoms with Crippen LogP contribution in [0.15, 0.2) is 24.3 Å². The first kappa shape index (κ1) is 19.7. The second kappa shape index (κ2) is 9.74. The molecule has 0 atom stereocenters. The van der Waals surface area contributed by atoms with Gasteiger partial charge >= 0.3 is 0 Å². The molecular weight excluding hydrogens is 342 g/mol. The number of ether oxygens (including phenoxy) is 1. The molecule has 0 bridgehead atoms. The van der Waals surface area contributed by atoms with E-state index in [2.05, 4.69) is 17.3 Å². The highest BCUT2D eigenvalue weighted by atomic mass is 16.5. The summed E-state index contributed by atoms with van der Waals surface area (Å²) >= 11 is 0. The summed E-state index contributed by atoms with van der Waals surface area (Å²) in [6, 6.07) is 8.16. The number of hydrogen-bond acceptors (Lipinski definition) is 4. The zero-order valence-electron chi connectivity index (χ0n) is 16.3. The van der Waals surface area contributed by atoms with Crippen LogP contribution in [0.25, 0.3) is 0 Å². The molecule has 1 saturated carbocycles. The van der Waals surface area contributed by atoms with E-state index in [4.69, 9.17) is 4.74 Å². The summed E-state index contributed by atoms with van der Waals surface area (Å²) in [5.74, 6) is 0.589. The van der Waals surface area contributed by atoms with Crippen molar-refractivity contribution < 1.29 is 14.3 Å². The van der Waals surface area contributed by atoms with E-state index >= 15 is 0 Å². The maximum atomic E-state index is 12.2. The first-order valence-electron chi connectivity index (χ1n) is 10.1. The molecule has 6 heteroatoms. The third-order valence-corrected chi connectivity index (χ3v) is 5.58. The summed E-state index contributed by atoms with van der Waals surface area (Å²) < 4.78 is 5.43. The van der Waals surface area contributed by atoms with Crippen LogP contribution in [0.4, 0.5) is 5.69 Å². The lowest BCUT2D eigenvalue weighted by atomic mass is 9.94. The largest absolute Gasteiger partial charge is 0.482 e. The zero-order valence-corrected chi connectivity index (χ0v) is 16.3. The number of anilines is 1. The molecule has 148 valence electrons. The summed E-state index contributed by atoms with van der Waals surface area (Å²) in [5.41, 5.74) is 0.746. The maximum Gasteiger partial charge on any atom is 0.265 e. The summed E-state index contributed by atoms with van der Waals surface area (Å²) in [6.45, 7) is 2.11. The Morgan fingerprint density at radius 1 is 1.26 bits per heavy atom. The molecule has 1 N–H and O–H groups in total. The highest BCUT2D eigenvalue weighted by Crippen LogP contribution is 2.31. The molecule has 0 radical (unpaired) electrons. The van der Waals surface area contributed by atoms with Crippen molar-refractivity contribution in [2.45, 2.75) is 51.0 Å². The highest BCUT2D eigenvalue weighted by Gasteiger charge is 2.25. The van der Waals surface area contributed by atoms with Crippen LogP contribution in [-0.2, 0) is 9.59 Å². The van der Waals surface area contributed by atoms with E-state index in [0.29, 0.717) is 31.3 Å². The molecule has 1 aliphatic heterocycles. The Hall–Kier alpha value is -2.08. The number of nitrogens with one attached hydrogen (secondary N) is 1. The number of benzene rings is 1. The topological polar surface area (TPSA) is 61.9 Å². The molecule has 3 rings (SSSR count). The van der Waals surface area contributed by atoms with E-state index in [1.807, 2.05) is 24.3 Å². The minimum absolute atomic E-state index is 0.00732. The van der Waals surface area contributed by atoms with E-state index in [9.17, 15) is 9.59 Å². The van der Waals surface area contributed by atoms with Gasteiger partial charge in [-0.25, -0.2) is 0 Å². The molecule has 1 fully saturated rings. The van der Waals surface area contributed by atoms with Crippen molar-refractivity contribution >= 4 is 17.5 Å². The summed E-state index contributed by atoms with van der Waals surface area (Å²) in [4.78, 5) is 28.4.